The van der Waals surface area contributed by atoms with Gasteiger partial charge in [-0.05, 0) is 48.9 Å². The monoisotopic (exact) mass is 422 g/mol. The molecule has 152 valence electrons. The van der Waals surface area contributed by atoms with E-state index in [0.717, 1.165) is 35.4 Å². The van der Waals surface area contributed by atoms with E-state index in [4.69, 9.17) is 0 Å². The van der Waals surface area contributed by atoms with Crippen LogP contribution in [-0.4, -0.2) is 30.5 Å². The van der Waals surface area contributed by atoms with Crippen molar-refractivity contribution in [2.75, 3.05) is 0 Å². The van der Waals surface area contributed by atoms with Gasteiger partial charge in [-0.3, -0.25) is 9.48 Å². The second-order valence-electron chi connectivity index (χ2n) is 7.22. The molecule has 0 radical (unpaired) electrons. The number of fused-ring (bicyclic) bond motifs is 1. The third-order valence-electron chi connectivity index (χ3n) is 5.29. The van der Waals surface area contributed by atoms with Crippen LogP contribution < -0.4 is 5.32 Å². The number of amides is 1. The van der Waals surface area contributed by atoms with Gasteiger partial charge in [-0.1, -0.05) is 12.1 Å². The molecule has 1 aliphatic rings. The van der Waals surface area contributed by atoms with Crippen molar-refractivity contribution >= 4 is 17.2 Å². The molecule has 1 amide bonds. The van der Waals surface area contributed by atoms with Crippen LogP contribution >= 0.6 is 11.3 Å². The van der Waals surface area contributed by atoms with Crippen molar-refractivity contribution in [2.45, 2.75) is 25.3 Å². The Morgan fingerprint density at radius 1 is 1.30 bits per heavy atom. The summed E-state index contributed by atoms with van der Waals surface area (Å²) in [5, 5.41) is 13.7. The van der Waals surface area contributed by atoms with Gasteiger partial charge in [0.2, 0.25) is 5.82 Å². The number of halogens is 1. The first-order valence-corrected chi connectivity index (χ1v) is 10.6. The molecular weight excluding hydrogens is 403 g/mol. The molecule has 3 aromatic heterocycles. The maximum Gasteiger partial charge on any atom is 0.291 e. The number of aryl methyl sites for hydroxylation is 1. The lowest BCUT2D eigenvalue weighted by Gasteiger charge is -2.23. The van der Waals surface area contributed by atoms with Gasteiger partial charge in [-0.2, -0.15) is 5.10 Å². The second-order valence-corrected chi connectivity index (χ2v) is 8.16. The molecule has 1 aliphatic carbocycles. The van der Waals surface area contributed by atoms with Crippen LogP contribution in [0.25, 0.3) is 16.4 Å². The normalized spacial score (nSPS) is 15.7. The van der Waals surface area contributed by atoms with Crippen LogP contribution in [0.3, 0.4) is 0 Å². The first-order valence-electron chi connectivity index (χ1n) is 9.68. The predicted octanol–water partition coefficient (Wildman–Crippen LogP) is 3.68. The summed E-state index contributed by atoms with van der Waals surface area (Å²) in [6.07, 6.45) is 4.58. The highest BCUT2D eigenvalue weighted by Crippen LogP contribution is 2.30. The Hall–Kier alpha value is -3.33. The van der Waals surface area contributed by atoms with Crippen molar-refractivity contribution in [3.8, 4) is 16.4 Å². The van der Waals surface area contributed by atoms with Crippen LogP contribution in [0.15, 0.2) is 48.0 Å². The van der Waals surface area contributed by atoms with E-state index >= 15 is 0 Å². The first kappa shape index (κ1) is 18.7. The van der Waals surface area contributed by atoms with Crippen LogP contribution in [-0.2, 0) is 13.5 Å². The van der Waals surface area contributed by atoms with E-state index in [2.05, 4.69) is 20.5 Å². The molecule has 30 heavy (non-hydrogen) atoms. The van der Waals surface area contributed by atoms with Gasteiger partial charge in [-0.15, -0.1) is 16.4 Å². The Bertz CT molecular complexity index is 1210. The number of nitrogens with one attached hydrogen (secondary N) is 1. The summed E-state index contributed by atoms with van der Waals surface area (Å²) in [5.41, 5.74) is 2.70. The van der Waals surface area contributed by atoms with Crippen molar-refractivity contribution in [2.24, 2.45) is 7.05 Å². The lowest BCUT2D eigenvalue weighted by molar-refractivity contribution is 0.0922. The fraction of sp³-hybridized carbons (Fsp3) is 0.238. The fourth-order valence-corrected chi connectivity index (χ4v) is 4.54. The Morgan fingerprint density at radius 2 is 2.20 bits per heavy atom. The van der Waals surface area contributed by atoms with Crippen LogP contribution in [0.1, 0.15) is 40.8 Å². The maximum absolute atomic E-state index is 13.8. The Balaban J connectivity index is 1.49. The van der Waals surface area contributed by atoms with E-state index in [1.54, 1.807) is 12.1 Å². The SMILES string of the molecule is Cn1ncc2c1CCC[C@H]2NC(=O)c1nc(-c2cccs2)n(-c2cccc(F)c2)n1. The van der Waals surface area contributed by atoms with Crippen LogP contribution in [0.4, 0.5) is 4.39 Å². The van der Waals surface area contributed by atoms with Crippen molar-refractivity contribution in [1.82, 2.24) is 29.9 Å². The molecule has 0 saturated carbocycles. The molecule has 0 aliphatic heterocycles. The quantitative estimate of drug-likeness (QED) is 0.544. The number of hydrogen-bond donors (Lipinski definition) is 1. The third-order valence-corrected chi connectivity index (χ3v) is 6.15. The first-order chi connectivity index (χ1) is 14.6. The number of thiophene rings is 1. The zero-order valence-electron chi connectivity index (χ0n) is 16.2. The van der Waals surface area contributed by atoms with Gasteiger partial charge < -0.3 is 5.32 Å². The number of rotatable bonds is 4. The summed E-state index contributed by atoms with van der Waals surface area (Å²) in [6.45, 7) is 0. The van der Waals surface area contributed by atoms with E-state index in [9.17, 15) is 9.18 Å². The highest BCUT2D eigenvalue weighted by atomic mass is 32.1. The van der Waals surface area contributed by atoms with Gasteiger partial charge in [0.15, 0.2) is 5.82 Å². The van der Waals surface area contributed by atoms with Crippen LogP contribution in [0, 0.1) is 5.82 Å². The number of benzene rings is 1. The number of carbonyl (C=O) groups is 1. The van der Waals surface area contributed by atoms with E-state index in [1.807, 2.05) is 35.4 Å². The molecule has 1 atom stereocenters. The molecule has 9 heteroatoms. The van der Waals surface area contributed by atoms with Crippen molar-refractivity contribution in [3.63, 3.8) is 0 Å². The smallest absolute Gasteiger partial charge is 0.291 e. The number of hydrogen-bond acceptors (Lipinski definition) is 5. The summed E-state index contributed by atoms with van der Waals surface area (Å²) in [6, 6.07) is 9.76. The van der Waals surface area contributed by atoms with Gasteiger partial charge in [0.05, 0.1) is 22.8 Å². The van der Waals surface area contributed by atoms with Gasteiger partial charge >= 0.3 is 0 Å². The lowest BCUT2D eigenvalue weighted by Crippen LogP contribution is -2.31. The number of nitrogens with zero attached hydrogens (tertiary/aromatic N) is 5. The van der Waals surface area contributed by atoms with Crippen LogP contribution in [0.2, 0.25) is 0 Å². The lowest BCUT2D eigenvalue weighted by atomic mass is 9.93. The molecule has 3 heterocycles. The highest BCUT2D eigenvalue weighted by Gasteiger charge is 2.27. The van der Waals surface area contributed by atoms with Crippen molar-refractivity contribution in [1.29, 1.82) is 0 Å². The zero-order valence-corrected chi connectivity index (χ0v) is 17.1. The van der Waals surface area contributed by atoms with Gasteiger partial charge in [0, 0.05) is 18.3 Å². The predicted molar refractivity (Wildman–Crippen MR) is 111 cm³/mol. The minimum atomic E-state index is -0.377. The molecule has 1 N–H and O–H groups in total. The molecule has 7 nitrogen and oxygen atoms in total. The second kappa shape index (κ2) is 7.49. The largest absolute Gasteiger partial charge is 0.342 e. The molecular formula is C21H19FN6OS. The Labute approximate surface area is 176 Å². The molecule has 0 fully saturated rings. The summed E-state index contributed by atoms with van der Waals surface area (Å²) >= 11 is 1.48. The topological polar surface area (TPSA) is 77.6 Å². The maximum atomic E-state index is 13.8. The molecule has 4 aromatic rings. The minimum Gasteiger partial charge on any atom is -0.342 e. The van der Waals surface area contributed by atoms with Crippen molar-refractivity contribution < 1.29 is 9.18 Å². The summed E-state index contributed by atoms with van der Waals surface area (Å²) in [4.78, 5) is 18.4. The average Bonchev–Trinajstić information content (AvgIpc) is 3.48. The summed E-state index contributed by atoms with van der Waals surface area (Å²) < 4.78 is 17.2. The summed E-state index contributed by atoms with van der Waals surface area (Å²) in [5.74, 6) is -0.174. The summed E-state index contributed by atoms with van der Waals surface area (Å²) in [7, 11) is 1.92. The standard InChI is InChI=1S/C21H19FN6OS/c1-27-17-8-3-7-16(15(17)12-23-27)24-21(29)19-25-20(18-9-4-10-30-18)28(26-19)14-6-2-5-13(22)11-14/h2,4-6,9-12,16H,3,7-8H2,1H3,(H,24,29)/t16-/m1/s1. The third kappa shape index (κ3) is 3.30. The van der Waals surface area contributed by atoms with E-state index < -0.39 is 0 Å². The fourth-order valence-electron chi connectivity index (χ4n) is 3.84. The zero-order chi connectivity index (χ0) is 20.7. The molecule has 0 bridgehead atoms. The minimum absolute atomic E-state index is 0.0543. The average molecular weight is 422 g/mol. The van der Waals surface area contributed by atoms with Gasteiger partial charge in [0.1, 0.15) is 5.82 Å². The number of aromatic nitrogens is 5. The molecule has 0 spiro atoms. The van der Waals surface area contributed by atoms with Gasteiger partial charge in [-0.25, -0.2) is 14.1 Å². The van der Waals surface area contributed by atoms with Gasteiger partial charge in [0.25, 0.3) is 5.91 Å². The highest BCUT2D eigenvalue weighted by molar-refractivity contribution is 7.13. The van der Waals surface area contributed by atoms with Crippen molar-refractivity contribution in [3.05, 3.63) is 70.9 Å². The number of carbonyl (C=O) groups excluding carboxylic acids is 1. The van der Waals surface area contributed by atoms with E-state index in [-0.39, 0.29) is 23.6 Å². The Morgan fingerprint density at radius 3 is 3.00 bits per heavy atom. The molecule has 0 saturated heterocycles. The molecule has 0 unspecified atom stereocenters. The van der Waals surface area contributed by atoms with E-state index in [1.165, 1.54) is 28.2 Å². The molecule has 1 aromatic carbocycles. The molecule has 5 rings (SSSR count). The van der Waals surface area contributed by atoms with E-state index in [0.29, 0.717) is 11.5 Å². The Kier molecular flexibility index (Phi) is 4.66. The van der Waals surface area contributed by atoms with Crippen LogP contribution in [0.5, 0.6) is 0 Å².